The minimum atomic E-state index is -1.50. The topological polar surface area (TPSA) is 158 Å². The lowest BCUT2D eigenvalue weighted by Gasteiger charge is -2.59. The molecule has 1 aliphatic heterocycles. The molecule has 1 fully saturated rings. The normalized spacial score (nSPS) is 22.0. The Kier molecular flexibility index (Phi) is 19.0. The number of nitrogens with zero attached hydrogens (tertiary/aromatic N) is 2. The summed E-state index contributed by atoms with van der Waals surface area (Å²) in [6.45, 7) is 7.15. The van der Waals surface area contributed by atoms with Crippen LogP contribution in [0.1, 0.15) is 68.9 Å². The van der Waals surface area contributed by atoms with Crippen molar-refractivity contribution in [1.82, 2.24) is 4.90 Å². The summed E-state index contributed by atoms with van der Waals surface area (Å²) in [5, 5.41) is 34.4. The van der Waals surface area contributed by atoms with Crippen molar-refractivity contribution in [2.24, 2.45) is 22.9 Å². The minimum absolute atomic E-state index is 0.00605. The van der Waals surface area contributed by atoms with E-state index in [4.69, 9.17) is 38.4 Å². The summed E-state index contributed by atoms with van der Waals surface area (Å²) in [5.41, 5.74) is 5.73. The van der Waals surface area contributed by atoms with Gasteiger partial charge in [0.1, 0.15) is 36.5 Å². The molecule has 1 saturated carbocycles. The number of carbonyl (C=O) groups is 1. The third-order valence-corrected chi connectivity index (χ3v) is 13.0. The van der Waals surface area contributed by atoms with Crippen molar-refractivity contribution in [1.29, 1.82) is 0 Å². The van der Waals surface area contributed by atoms with E-state index in [0.29, 0.717) is 49.0 Å². The Morgan fingerprint density at radius 1 is 0.824 bits per heavy atom. The van der Waals surface area contributed by atoms with E-state index >= 15 is 0 Å². The van der Waals surface area contributed by atoms with E-state index in [2.05, 4.69) is 43.0 Å². The number of fused-ring (bicyclic) bond motifs is 2. The molecular formula is C55H68N2O11. The summed E-state index contributed by atoms with van der Waals surface area (Å²) < 4.78 is 38.8. The molecule has 13 nitrogen and oxygen atoms in total. The predicted molar refractivity (Wildman–Crippen MR) is 261 cm³/mol. The van der Waals surface area contributed by atoms with Gasteiger partial charge in [0.2, 0.25) is 5.79 Å². The van der Waals surface area contributed by atoms with E-state index in [0.717, 1.165) is 53.5 Å². The number of aliphatic hydroxyl groups excluding tert-OH is 3. The molecule has 6 atom stereocenters. The third-order valence-electron chi connectivity index (χ3n) is 13.0. The Balaban J connectivity index is 1.32. The van der Waals surface area contributed by atoms with Crippen molar-refractivity contribution in [3.8, 4) is 28.4 Å². The van der Waals surface area contributed by atoms with Gasteiger partial charge in [-0.2, -0.15) is 0 Å². The van der Waals surface area contributed by atoms with Gasteiger partial charge in [-0.05, 0) is 97.0 Å². The molecule has 1 heterocycles. The van der Waals surface area contributed by atoms with Crippen LogP contribution >= 0.6 is 0 Å². The maximum absolute atomic E-state index is 14.7. The molecule has 68 heavy (non-hydrogen) atoms. The van der Waals surface area contributed by atoms with Gasteiger partial charge >= 0.3 is 6.09 Å². The standard InChI is InChI=1S/C55H68N2O11/c1-3-31-65-55-51(57(27-32-62-33-30-60)54(61)64-35-34-63-39-40-15-7-5-8-16-40)38-49(56-66-4-2)47-36-43(19-11-13-28-58)46(20-12-14-29-59)52(53(47)55)48-37-45(25-26-50(48)68-55)67-44-23-21-42(22-24-44)41-17-9-6-10-18-41/h3,5-10,15-18,21-26,36-37,43,46,51-53,58-60H,1,4,11-14,19-20,27-35,38-39H2,2H3/t43-,46+,51-,52+,53+,55+/m0/s1. The first kappa shape index (κ1) is 50.3. The molecule has 0 spiro atoms. The van der Waals surface area contributed by atoms with E-state index in [1.165, 1.54) is 0 Å². The van der Waals surface area contributed by atoms with Crippen molar-refractivity contribution in [3.63, 3.8) is 0 Å². The van der Waals surface area contributed by atoms with E-state index in [1.807, 2.05) is 79.7 Å². The lowest BCUT2D eigenvalue weighted by atomic mass is 9.55. The van der Waals surface area contributed by atoms with Crippen molar-refractivity contribution in [3.05, 3.63) is 139 Å². The summed E-state index contributed by atoms with van der Waals surface area (Å²) in [6.07, 6.45) is 8.07. The fraction of sp³-hybridized carbons (Fsp3) is 0.455. The number of hydrogen-bond acceptors (Lipinski definition) is 12. The molecule has 7 rings (SSSR count). The molecule has 0 aromatic heterocycles. The highest BCUT2D eigenvalue weighted by molar-refractivity contribution is 6.03. The lowest BCUT2D eigenvalue weighted by molar-refractivity contribution is -0.256. The van der Waals surface area contributed by atoms with Gasteiger partial charge in [0, 0.05) is 37.7 Å². The monoisotopic (exact) mass is 932 g/mol. The molecule has 3 N–H and O–H groups in total. The number of unbranched alkanes of at least 4 members (excludes halogenated alkanes) is 2. The van der Waals surface area contributed by atoms with Gasteiger partial charge in [-0.15, -0.1) is 6.58 Å². The quantitative estimate of drug-likeness (QED) is 0.0297. The van der Waals surface area contributed by atoms with Gasteiger partial charge in [0.15, 0.2) is 0 Å². The van der Waals surface area contributed by atoms with Crippen LogP contribution in [0.2, 0.25) is 0 Å². The van der Waals surface area contributed by atoms with E-state index in [9.17, 15) is 20.1 Å². The average molecular weight is 933 g/mol. The second kappa shape index (κ2) is 25.7. The number of hydrogen-bond donors (Lipinski definition) is 3. The Bertz CT molecular complexity index is 2240. The fourth-order valence-electron chi connectivity index (χ4n) is 10.1. The minimum Gasteiger partial charge on any atom is -0.459 e. The van der Waals surface area contributed by atoms with Crippen molar-refractivity contribution in [2.45, 2.75) is 76.2 Å². The molecule has 0 radical (unpaired) electrons. The van der Waals surface area contributed by atoms with Crippen LogP contribution in [0.3, 0.4) is 0 Å². The van der Waals surface area contributed by atoms with Crippen molar-refractivity contribution >= 4 is 11.8 Å². The Morgan fingerprint density at radius 2 is 1.54 bits per heavy atom. The molecular weight excluding hydrogens is 865 g/mol. The zero-order valence-corrected chi connectivity index (χ0v) is 39.3. The number of amides is 1. The first-order valence-electron chi connectivity index (χ1n) is 24.2. The smallest absolute Gasteiger partial charge is 0.410 e. The summed E-state index contributed by atoms with van der Waals surface area (Å²) in [7, 11) is 0. The zero-order valence-electron chi connectivity index (χ0n) is 39.3. The largest absolute Gasteiger partial charge is 0.459 e. The number of allylic oxidation sites excluding steroid dienone is 1. The second-order valence-corrected chi connectivity index (χ2v) is 17.4. The van der Waals surface area contributed by atoms with E-state index < -0.39 is 23.8 Å². The number of ether oxygens (including phenoxy) is 6. The second-order valence-electron chi connectivity index (χ2n) is 17.4. The number of rotatable bonds is 27. The van der Waals surface area contributed by atoms with Crippen molar-refractivity contribution < 1.29 is 53.4 Å². The molecule has 4 aromatic carbocycles. The predicted octanol–water partition coefficient (Wildman–Crippen LogP) is 9.46. The van der Waals surface area contributed by atoms with E-state index in [-0.39, 0.29) is 83.6 Å². The van der Waals surface area contributed by atoms with Gasteiger partial charge in [-0.25, -0.2) is 4.79 Å². The van der Waals surface area contributed by atoms with Crippen LogP contribution in [-0.4, -0.2) is 110 Å². The molecule has 13 heteroatoms. The van der Waals surface area contributed by atoms with Gasteiger partial charge in [-0.1, -0.05) is 103 Å². The number of carbonyl (C=O) groups excluding carboxylic acids is 1. The van der Waals surface area contributed by atoms with Crippen LogP contribution < -0.4 is 9.47 Å². The summed E-state index contributed by atoms with van der Waals surface area (Å²) >= 11 is 0. The van der Waals surface area contributed by atoms with Gasteiger partial charge in [0.05, 0.1) is 51.3 Å². The van der Waals surface area contributed by atoms with Gasteiger partial charge < -0.3 is 48.6 Å². The fourth-order valence-corrected chi connectivity index (χ4v) is 10.1. The average Bonchev–Trinajstić information content (AvgIpc) is 3.37. The Labute approximate surface area is 400 Å². The molecule has 0 bridgehead atoms. The SMILES string of the molecule is C=CCO[C@@]12Oc3ccc(Oc4ccc(-c5ccccc5)cc4)cc3[C@H]3[C@H](CCCCO)[C@@H](CCCCO)C=C(C(=NOCC)C[C@@H]1N(CCOCCO)C(=O)OCCOCc1ccccc1)[C@H]32. The van der Waals surface area contributed by atoms with Crippen LogP contribution in [0.4, 0.5) is 4.79 Å². The third kappa shape index (κ3) is 12.4. The summed E-state index contributed by atoms with van der Waals surface area (Å²) in [6, 6.07) is 33.1. The summed E-state index contributed by atoms with van der Waals surface area (Å²) in [4.78, 5) is 22.2. The number of benzene rings is 4. The molecule has 3 aliphatic rings. The number of aliphatic hydroxyl groups is 3. The Hall–Kier alpha value is -5.54. The molecule has 0 saturated heterocycles. The lowest BCUT2D eigenvalue weighted by Crippen LogP contribution is -2.70. The maximum atomic E-state index is 14.7. The van der Waals surface area contributed by atoms with Crippen LogP contribution in [-0.2, 0) is 30.4 Å². The maximum Gasteiger partial charge on any atom is 0.410 e. The Morgan fingerprint density at radius 3 is 2.26 bits per heavy atom. The van der Waals surface area contributed by atoms with Crippen molar-refractivity contribution in [2.75, 3.05) is 66.0 Å². The molecule has 1 amide bonds. The van der Waals surface area contributed by atoms with Crippen LogP contribution in [0.15, 0.2) is 133 Å². The van der Waals surface area contributed by atoms with Gasteiger partial charge in [0.25, 0.3) is 0 Å². The first-order chi connectivity index (χ1) is 33.4. The van der Waals surface area contributed by atoms with E-state index in [1.54, 1.807) is 11.0 Å². The molecule has 364 valence electrons. The zero-order chi connectivity index (χ0) is 47.6. The molecule has 0 unspecified atom stereocenters. The highest BCUT2D eigenvalue weighted by Crippen LogP contribution is 2.62. The van der Waals surface area contributed by atoms with Crippen LogP contribution in [0.5, 0.6) is 17.2 Å². The molecule has 2 aliphatic carbocycles. The van der Waals surface area contributed by atoms with Gasteiger partial charge in [-0.3, -0.25) is 4.90 Å². The highest BCUT2D eigenvalue weighted by Gasteiger charge is 2.65. The number of oxime groups is 1. The summed E-state index contributed by atoms with van der Waals surface area (Å²) in [5.74, 6) is -0.282. The first-order valence-corrected chi connectivity index (χ1v) is 24.2. The van der Waals surface area contributed by atoms with Crippen LogP contribution in [0, 0.1) is 17.8 Å². The van der Waals surface area contributed by atoms with Crippen LogP contribution in [0.25, 0.3) is 11.1 Å². The highest BCUT2D eigenvalue weighted by atomic mass is 16.7. The molecule has 4 aromatic rings.